The van der Waals surface area contributed by atoms with E-state index in [2.05, 4.69) is 9.98 Å². The topological polar surface area (TPSA) is 48.4 Å². The maximum absolute atomic E-state index is 9.64. The van der Waals surface area contributed by atoms with E-state index in [0.717, 1.165) is 21.7 Å². The molecule has 0 saturated carbocycles. The average molecular weight is 260 g/mol. The number of nitrogens with zero attached hydrogens (tertiary/aromatic N) is 1. The van der Waals surface area contributed by atoms with Gasteiger partial charge in [-0.2, -0.15) is 0 Å². The highest BCUT2D eigenvalue weighted by molar-refractivity contribution is 7.73. The lowest BCUT2D eigenvalue weighted by Crippen LogP contribution is -1.78. The second kappa shape index (κ2) is 3.94. The van der Waals surface area contributed by atoms with Gasteiger partial charge in [-0.1, -0.05) is 18.2 Å². The van der Waals surface area contributed by atoms with Crippen LogP contribution >= 0.6 is 23.6 Å². The third-order valence-electron chi connectivity index (χ3n) is 2.50. The summed E-state index contributed by atoms with van der Waals surface area (Å²) in [4.78, 5) is 7.74. The second-order valence-electron chi connectivity index (χ2n) is 3.60. The number of aromatic amines is 1. The van der Waals surface area contributed by atoms with Crippen LogP contribution in [0.25, 0.3) is 11.6 Å². The minimum Gasteiger partial charge on any atom is -0.494 e. The molecule has 0 atom stereocenters. The molecule has 1 aliphatic heterocycles. The molecule has 0 bridgehead atoms. The smallest absolute Gasteiger partial charge is 0.207 e. The summed E-state index contributed by atoms with van der Waals surface area (Å²) in [7, 11) is 0. The Morgan fingerprint density at radius 1 is 1.35 bits per heavy atom. The van der Waals surface area contributed by atoms with Crippen LogP contribution < -0.4 is 0 Å². The van der Waals surface area contributed by atoms with E-state index < -0.39 is 0 Å². The number of allylic oxidation sites excluding steroid dienone is 1. The zero-order chi connectivity index (χ0) is 11.8. The van der Waals surface area contributed by atoms with E-state index in [4.69, 9.17) is 12.2 Å². The Morgan fingerprint density at radius 3 is 2.94 bits per heavy atom. The van der Waals surface area contributed by atoms with Crippen molar-refractivity contribution in [1.29, 1.82) is 0 Å². The number of nitrogens with one attached hydrogen (secondary N) is 1. The lowest BCUT2D eigenvalue weighted by atomic mass is 10.1. The van der Waals surface area contributed by atoms with E-state index in [1.165, 1.54) is 11.3 Å². The lowest BCUT2D eigenvalue weighted by molar-refractivity contribution is 0.456. The number of H-pyrrole nitrogens is 1. The molecule has 2 heterocycles. The Bertz CT molecular complexity index is 695. The molecule has 17 heavy (non-hydrogen) atoms. The number of thiazole rings is 1. The van der Waals surface area contributed by atoms with Crippen molar-refractivity contribution in [3.8, 4) is 5.88 Å². The minimum absolute atomic E-state index is 0.116. The molecule has 0 radical (unpaired) electrons. The molecular formula is C12H8N2OS2. The maximum Gasteiger partial charge on any atom is 0.207 e. The Balaban J connectivity index is 2.11. The van der Waals surface area contributed by atoms with Crippen molar-refractivity contribution >= 4 is 47.1 Å². The molecule has 84 valence electrons. The van der Waals surface area contributed by atoms with E-state index in [1.54, 1.807) is 6.21 Å². The first-order chi connectivity index (χ1) is 8.24. The highest BCUT2D eigenvalue weighted by atomic mass is 32.1. The van der Waals surface area contributed by atoms with E-state index in [9.17, 15) is 5.11 Å². The van der Waals surface area contributed by atoms with Crippen molar-refractivity contribution in [2.45, 2.75) is 0 Å². The van der Waals surface area contributed by atoms with E-state index in [1.807, 2.05) is 30.3 Å². The third-order valence-corrected chi connectivity index (χ3v) is 3.67. The molecule has 3 nitrogen and oxygen atoms in total. The predicted octanol–water partition coefficient (Wildman–Crippen LogP) is 3.77. The van der Waals surface area contributed by atoms with Crippen molar-refractivity contribution in [2.75, 3.05) is 0 Å². The fraction of sp³-hybridized carbons (Fsp3) is 0. The summed E-state index contributed by atoms with van der Waals surface area (Å²) in [5, 5.41) is 9.64. The number of fused-ring (bicyclic) bond motifs is 1. The Labute approximate surface area is 107 Å². The van der Waals surface area contributed by atoms with Crippen molar-refractivity contribution in [1.82, 2.24) is 4.98 Å². The zero-order valence-electron chi connectivity index (χ0n) is 8.68. The molecule has 0 saturated heterocycles. The Hall–Kier alpha value is -1.72. The summed E-state index contributed by atoms with van der Waals surface area (Å²) in [5.74, 6) is 0.116. The molecule has 2 N–H and O–H groups in total. The first-order valence-electron chi connectivity index (χ1n) is 5.01. The largest absolute Gasteiger partial charge is 0.494 e. The van der Waals surface area contributed by atoms with Crippen molar-refractivity contribution < 1.29 is 5.11 Å². The van der Waals surface area contributed by atoms with Crippen LogP contribution in [0.1, 0.15) is 10.4 Å². The molecule has 1 aromatic heterocycles. The summed E-state index contributed by atoms with van der Waals surface area (Å²) in [6.07, 6.45) is 3.69. The van der Waals surface area contributed by atoms with E-state index in [-0.39, 0.29) is 5.88 Å². The number of rotatable bonds is 1. The average Bonchev–Trinajstić information content (AvgIpc) is 2.85. The van der Waals surface area contributed by atoms with Gasteiger partial charge in [0, 0.05) is 17.4 Å². The van der Waals surface area contributed by atoms with Gasteiger partial charge in [0.05, 0.1) is 10.6 Å². The van der Waals surface area contributed by atoms with Gasteiger partial charge in [-0.05, 0) is 24.4 Å². The van der Waals surface area contributed by atoms with Crippen LogP contribution in [0.2, 0.25) is 0 Å². The molecule has 0 fully saturated rings. The fourth-order valence-electron chi connectivity index (χ4n) is 1.73. The molecule has 0 unspecified atom stereocenters. The number of para-hydroxylation sites is 1. The molecule has 5 heteroatoms. The molecule has 2 aromatic rings. The number of aromatic hydroxyl groups is 1. The van der Waals surface area contributed by atoms with Crippen molar-refractivity contribution in [2.24, 2.45) is 4.99 Å². The maximum atomic E-state index is 9.64. The normalized spacial score (nSPS) is 15.4. The van der Waals surface area contributed by atoms with Crippen LogP contribution in [0.3, 0.4) is 0 Å². The number of hydrogen-bond donors (Lipinski definition) is 2. The summed E-state index contributed by atoms with van der Waals surface area (Å²) in [6.45, 7) is 0. The monoisotopic (exact) mass is 260 g/mol. The van der Waals surface area contributed by atoms with Gasteiger partial charge in [0.2, 0.25) is 5.88 Å². The molecule has 3 rings (SSSR count). The highest BCUT2D eigenvalue weighted by Gasteiger charge is 2.12. The van der Waals surface area contributed by atoms with Crippen LogP contribution in [0, 0.1) is 3.95 Å². The van der Waals surface area contributed by atoms with Crippen molar-refractivity contribution in [3.63, 3.8) is 0 Å². The first-order valence-corrected chi connectivity index (χ1v) is 6.24. The van der Waals surface area contributed by atoms with E-state index in [0.29, 0.717) is 3.95 Å². The summed E-state index contributed by atoms with van der Waals surface area (Å²) in [6, 6.07) is 7.90. The zero-order valence-corrected chi connectivity index (χ0v) is 10.3. The van der Waals surface area contributed by atoms with E-state index >= 15 is 0 Å². The number of aromatic nitrogens is 1. The summed E-state index contributed by atoms with van der Waals surface area (Å²) >= 11 is 6.33. The van der Waals surface area contributed by atoms with Gasteiger partial charge in [-0.15, -0.1) is 11.3 Å². The van der Waals surface area contributed by atoms with Gasteiger partial charge in [-0.25, -0.2) is 0 Å². The van der Waals surface area contributed by atoms with Gasteiger partial charge in [0.1, 0.15) is 0 Å². The fourth-order valence-corrected chi connectivity index (χ4v) is 2.77. The van der Waals surface area contributed by atoms with Gasteiger partial charge in [0.15, 0.2) is 3.95 Å². The Morgan fingerprint density at radius 2 is 2.18 bits per heavy atom. The van der Waals surface area contributed by atoms with Gasteiger partial charge < -0.3 is 10.1 Å². The number of benzene rings is 1. The van der Waals surface area contributed by atoms with Crippen LogP contribution in [-0.4, -0.2) is 16.3 Å². The standard InChI is InChI=1S/C12H8N2OS2/c15-11-10(17-12(16)14-11)5-7-6-13-9-4-2-1-3-8(7)9/h1-6,15H,(H,14,16). The van der Waals surface area contributed by atoms with Crippen LogP contribution in [0.15, 0.2) is 29.3 Å². The minimum atomic E-state index is 0.116. The predicted molar refractivity (Wildman–Crippen MR) is 73.6 cm³/mol. The molecular weight excluding hydrogens is 252 g/mol. The first kappa shape index (κ1) is 10.4. The van der Waals surface area contributed by atoms with Gasteiger partial charge in [0.25, 0.3) is 0 Å². The highest BCUT2D eigenvalue weighted by Crippen LogP contribution is 2.34. The molecule has 0 aliphatic carbocycles. The third kappa shape index (κ3) is 1.83. The van der Waals surface area contributed by atoms with Crippen LogP contribution in [-0.2, 0) is 0 Å². The molecule has 1 aliphatic rings. The van der Waals surface area contributed by atoms with Gasteiger partial charge in [-0.3, -0.25) is 4.99 Å². The summed E-state index contributed by atoms with van der Waals surface area (Å²) < 4.78 is 0.567. The molecule has 0 amide bonds. The SMILES string of the molecule is Oc1[nH]c(=S)sc1C=C1C=Nc2ccccc21. The van der Waals surface area contributed by atoms with Gasteiger partial charge >= 0.3 is 0 Å². The van der Waals surface area contributed by atoms with Crippen molar-refractivity contribution in [3.05, 3.63) is 38.7 Å². The second-order valence-corrected chi connectivity index (χ2v) is 5.32. The quantitative estimate of drug-likeness (QED) is 0.767. The lowest BCUT2D eigenvalue weighted by Gasteiger charge is -1.97. The van der Waals surface area contributed by atoms with Crippen LogP contribution in [0.4, 0.5) is 5.69 Å². The number of hydrogen-bond acceptors (Lipinski definition) is 4. The summed E-state index contributed by atoms with van der Waals surface area (Å²) in [5.41, 5.74) is 3.02. The van der Waals surface area contributed by atoms with Crippen LogP contribution in [0.5, 0.6) is 5.88 Å². The Kier molecular flexibility index (Phi) is 2.42. The molecule has 0 spiro atoms. The number of aliphatic imine (C=N–C) groups is 1. The molecule has 1 aromatic carbocycles.